The van der Waals surface area contributed by atoms with Crippen LogP contribution in [0.4, 0.5) is 36.8 Å². The number of imide groups is 1. The minimum atomic E-state index is -5.60. The number of halogens is 6. The van der Waals surface area contributed by atoms with Crippen LogP contribution in [0, 0.1) is 0 Å². The van der Waals surface area contributed by atoms with E-state index in [0.29, 0.717) is 23.2 Å². The number of phenolic OH excluding ortho intramolecular Hbond substituents is 1. The Morgan fingerprint density at radius 3 is 2.02 bits per heavy atom. The van der Waals surface area contributed by atoms with Crippen molar-refractivity contribution in [2.75, 3.05) is 4.90 Å². The van der Waals surface area contributed by atoms with Crippen molar-refractivity contribution in [3.8, 4) is 5.75 Å². The summed E-state index contributed by atoms with van der Waals surface area (Å²) in [6.07, 6.45) is -3.39. The van der Waals surface area contributed by atoms with Gasteiger partial charge in [-0.05, 0) is 59.7 Å². The number of para-hydroxylation sites is 1. The Morgan fingerprint density at radius 1 is 0.870 bits per heavy atom. The van der Waals surface area contributed by atoms with E-state index in [4.69, 9.17) is 9.90 Å². The number of phenols is 1. The summed E-state index contributed by atoms with van der Waals surface area (Å²) in [6.45, 7) is 0.0351. The summed E-state index contributed by atoms with van der Waals surface area (Å²) in [5.41, 5.74) is -3.47. The van der Waals surface area contributed by atoms with Gasteiger partial charge in [-0.25, -0.2) is 22.9 Å². The van der Waals surface area contributed by atoms with E-state index in [1.54, 1.807) is 24.4 Å². The molecule has 2 heterocycles. The van der Waals surface area contributed by atoms with Gasteiger partial charge >= 0.3 is 23.7 Å². The minimum absolute atomic E-state index is 0.0308. The van der Waals surface area contributed by atoms with Crippen molar-refractivity contribution in [2.45, 2.75) is 35.6 Å². The maximum Gasteiger partial charge on any atom is 0.501 e. The third-order valence-corrected chi connectivity index (χ3v) is 8.22. The zero-order chi connectivity index (χ0) is 34.0. The van der Waals surface area contributed by atoms with E-state index in [-0.39, 0.29) is 24.4 Å². The maximum absolute atomic E-state index is 13.6. The monoisotopic (exact) mass is 669 g/mol. The molecule has 0 aliphatic carbocycles. The Morgan fingerprint density at radius 2 is 1.46 bits per heavy atom. The molecule has 2 N–H and O–H groups in total. The maximum atomic E-state index is 13.6. The van der Waals surface area contributed by atoms with E-state index in [0.717, 1.165) is 28.0 Å². The number of aliphatic carboxylic acids is 1. The molecule has 10 nitrogen and oxygen atoms in total. The highest BCUT2D eigenvalue weighted by Crippen LogP contribution is 2.34. The smallest absolute Gasteiger partial charge is 0.501 e. The Kier molecular flexibility index (Phi) is 9.28. The molecule has 5 rings (SSSR count). The summed E-state index contributed by atoms with van der Waals surface area (Å²) in [5, 5.41) is 17.5. The van der Waals surface area contributed by atoms with Gasteiger partial charge in [0, 0.05) is 24.5 Å². The van der Waals surface area contributed by atoms with Crippen LogP contribution < -0.4 is 4.90 Å². The molecule has 1 aliphatic heterocycles. The molecule has 3 aromatic carbocycles. The second kappa shape index (κ2) is 12.7. The van der Waals surface area contributed by atoms with Crippen LogP contribution in [0.1, 0.15) is 11.1 Å². The number of pyridine rings is 1. The van der Waals surface area contributed by atoms with Gasteiger partial charge < -0.3 is 15.1 Å². The number of rotatable bonds is 6. The number of anilines is 1. The molecule has 3 amide bonds. The number of hydrogen-bond acceptors (Lipinski definition) is 7. The minimum Gasteiger partial charge on any atom is -0.508 e. The molecule has 0 saturated carbocycles. The van der Waals surface area contributed by atoms with E-state index in [1.165, 1.54) is 17.0 Å². The summed E-state index contributed by atoms with van der Waals surface area (Å²) in [7, 11) is -5.60. The first-order valence-electron chi connectivity index (χ1n) is 12.9. The van der Waals surface area contributed by atoms with Crippen LogP contribution in [0.3, 0.4) is 0 Å². The van der Waals surface area contributed by atoms with Gasteiger partial charge in [0.15, 0.2) is 0 Å². The highest BCUT2D eigenvalue weighted by atomic mass is 32.2. The summed E-state index contributed by atoms with van der Waals surface area (Å²) < 4.78 is 94.1. The second-order valence-corrected chi connectivity index (χ2v) is 11.6. The molecular formula is C29H21F6N3O7S. The van der Waals surface area contributed by atoms with Crippen LogP contribution in [0.15, 0.2) is 90.0 Å². The number of aromatic nitrogens is 1. The van der Waals surface area contributed by atoms with Crippen LogP contribution in [0.5, 0.6) is 5.75 Å². The zero-order valence-electron chi connectivity index (χ0n) is 23.0. The second-order valence-electron chi connectivity index (χ2n) is 9.70. The van der Waals surface area contributed by atoms with Crippen LogP contribution >= 0.6 is 0 Å². The molecule has 242 valence electrons. The predicted octanol–water partition coefficient (Wildman–Crippen LogP) is 5.45. The molecule has 1 aromatic heterocycles. The number of nitrogens with zero attached hydrogens (tertiary/aromatic N) is 3. The predicted molar refractivity (Wildman–Crippen MR) is 149 cm³/mol. The number of alkyl halides is 6. The lowest BCUT2D eigenvalue weighted by Crippen LogP contribution is -2.36. The molecule has 46 heavy (non-hydrogen) atoms. The van der Waals surface area contributed by atoms with Gasteiger partial charge in [0.2, 0.25) is 0 Å². The normalized spacial score (nSPS) is 15.6. The van der Waals surface area contributed by atoms with E-state index < -0.39 is 50.4 Å². The molecular weight excluding hydrogens is 648 g/mol. The standard InChI is InChI=1S/C27H20F3N3O5S.C2HF3O2/c28-27(29,30)39(37,38)21-11-7-19(8-12-21)33-25(35)24(15-17-5-9-20(34)10-6-17)32(26(33)36)16-18-13-14-31-23-4-2-1-3-22(18)23;3-2(4,5)1(6)7/h1-14,24,34H,15-16H2;(H,6,7). The highest BCUT2D eigenvalue weighted by Gasteiger charge is 2.48. The first kappa shape index (κ1) is 33.7. The number of carbonyl (C=O) groups excluding carboxylic acids is 2. The van der Waals surface area contributed by atoms with Crippen molar-refractivity contribution < 1.29 is 59.4 Å². The van der Waals surface area contributed by atoms with Crippen molar-refractivity contribution in [2.24, 2.45) is 0 Å². The van der Waals surface area contributed by atoms with E-state index in [2.05, 4.69) is 4.98 Å². The number of aromatic hydroxyl groups is 1. The van der Waals surface area contributed by atoms with Crippen molar-refractivity contribution in [1.82, 2.24) is 9.88 Å². The Labute approximate surface area is 256 Å². The first-order chi connectivity index (χ1) is 21.4. The van der Waals surface area contributed by atoms with Gasteiger partial charge in [-0.1, -0.05) is 30.3 Å². The molecule has 1 aliphatic rings. The quantitative estimate of drug-likeness (QED) is 0.204. The van der Waals surface area contributed by atoms with Crippen LogP contribution in [0.2, 0.25) is 0 Å². The Hall–Kier alpha value is -5.19. The van der Waals surface area contributed by atoms with Gasteiger partial charge in [-0.3, -0.25) is 9.78 Å². The van der Waals surface area contributed by atoms with Crippen molar-refractivity contribution in [1.29, 1.82) is 0 Å². The number of benzene rings is 3. The lowest BCUT2D eigenvalue weighted by molar-refractivity contribution is -0.192. The molecule has 0 spiro atoms. The largest absolute Gasteiger partial charge is 0.508 e. The van der Waals surface area contributed by atoms with Crippen molar-refractivity contribution in [3.05, 3.63) is 96.2 Å². The molecule has 1 fully saturated rings. The number of carbonyl (C=O) groups is 3. The average Bonchev–Trinajstić information content (AvgIpc) is 3.21. The average molecular weight is 670 g/mol. The molecule has 0 radical (unpaired) electrons. The van der Waals surface area contributed by atoms with Gasteiger partial charge in [0.25, 0.3) is 15.7 Å². The summed E-state index contributed by atoms with van der Waals surface area (Å²) in [6, 6.07) is 16.9. The molecule has 1 atom stereocenters. The van der Waals surface area contributed by atoms with E-state index >= 15 is 0 Å². The number of amides is 3. The topological polar surface area (TPSA) is 145 Å². The zero-order valence-corrected chi connectivity index (χ0v) is 23.8. The highest BCUT2D eigenvalue weighted by molar-refractivity contribution is 7.92. The molecule has 1 unspecified atom stereocenters. The number of fused-ring (bicyclic) bond motifs is 1. The van der Waals surface area contributed by atoms with Gasteiger partial charge in [-0.15, -0.1) is 0 Å². The van der Waals surface area contributed by atoms with Gasteiger partial charge in [0.1, 0.15) is 11.8 Å². The summed E-state index contributed by atoms with van der Waals surface area (Å²) in [4.78, 5) is 41.6. The molecule has 1 saturated heterocycles. The fraction of sp³-hybridized carbons (Fsp3) is 0.172. The van der Waals surface area contributed by atoms with Crippen molar-refractivity contribution >= 4 is 44.3 Å². The molecule has 4 aromatic rings. The van der Waals surface area contributed by atoms with Crippen molar-refractivity contribution in [3.63, 3.8) is 0 Å². The Balaban J connectivity index is 0.000000617. The van der Waals surface area contributed by atoms with Crippen LogP contribution in [-0.2, 0) is 32.4 Å². The fourth-order valence-electron chi connectivity index (χ4n) is 4.49. The Bertz CT molecular complexity index is 1880. The van der Waals surface area contributed by atoms with Gasteiger partial charge in [0.05, 0.1) is 16.1 Å². The first-order valence-corrected chi connectivity index (χ1v) is 14.4. The third kappa shape index (κ3) is 7.03. The fourth-order valence-corrected chi connectivity index (χ4v) is 5.25. The molecule has 17 heteroatoms. The van der Waals surface area contributed by atoms with Gasteiger partial charge in [-0.2, -0.15) is 26.3 Å². The number of carboxylic acids is 1. The SMILES string of the molecule is O=C(O)C(F)(F)F.O=C1C(Cc2ccc(O)cc2)N(Cc2ccnc3ccccc23)C(=O)N1c1ccc(S(=O)(=O)C(F)(F)F)cc1. The van der Waals surface area contributed by atoms with Crippen LogP contribution in [-0.4, -0.2) is 64.1 Å². The lowest BCUT2D eigenvalue weighted by Gasteiger charge is -2.23. The number of sulfone groups is 1. The number of urea groups is 1. The third-order valence-electron chi connectivity index (χ3n) is 6.72. The number of hydrogen-bond donors (Lipinski definition) is 2. The van der Waals surface area contributed by atoms with E-state index in [9.17, 15) is 49.5 Å². The lowest BCUT2D eigenvalue weighted by atomic mass is 10.0. The number of carboxylic acid groups (broad SMARTS) is 1. The summed E-state index contributed by atoms with van der Waals surface area (Å²) >= 11 is 0. The molecule has 0 bridgehead atoms. The van der Waals surface area contributed by atoms with E-state index in [1.807, 2.05) is 24.3 Å². The summed E-state index contributed by atoms with van der Waals surface area (Å²) in [5.74, 6) is -3.35. The van der Waals surface area contributed by atoms with Crippen LogP contribution in [0.25, 0.3) is 10.9 Å².